The van der Waals surface area contributed by atoms with Crippen LogP contribution >= 0.6 is 11.8 Å². The second-order valence-electron chi connectivity index (χ2n) is 7.95. The van der Waals surface area contributed by atoms with Crippen molar-refractivity contribution in [1.82, 2.24) is 15.3 Å². The average molecular weight is 504 g/mol. The van der Waals surface area contributed by atoms with Gasteiger partial charge >= 0.3 is 17.9 Å². The van der Waals surface area contributed by atoms with Gasteiger partial charge in [-0.15, -0.1) is 11.8 Å². The number of ether oxygens (including phenoxy) is 3. The highest BCUT2D eigenvalue weighted by Gasteiger charge is 2.34. The van der Waals surface area contributed by atoms with Crippen LogP contribution < -0.4 is 14.8 Å². The number of thioether (sulfide) groups is 1. The monoisotopic (exact) mass is 503 g/mol. The highest BCUT2D eigenvalue weighted by molar-refractivity contribution is 7.99. The lowest BCUT2D eigenvalue weighted by molar-refractivity contribution is -0.170. The zero-order valence-corrected chi connectivity index (χ0v) is 19.7. The number of aromatic amines is 1. The van der Waals surface area contributed by atoms with Crippen LogP contribution in [0.15, 0.2) is 79.3 Å². The van der Waals surface area contributed by atoms with Gasteiger partial charge in [-0.2, -0.15) is 0 Å². The Morgan fingerprint density at radius 3 is 2.69 bits per heavy atom. The third-order valence-electron chi connectivity index (χ3n) is 5.48. The van der Waals surface area contributed by atoms with Gasteiger partial charge in [-0.1, -0.05) is 36.4 Å². The number of aromatic nitrogens is 2. The summed E-state index contributed by atoms with van der Waals surface area (Å²) in [6, 6.07) is 17.9. The summed E-state index contributed by atoms with van der Waals surface area (Å²) in [5.41, 5.74) is 2.59. The van der Waals surface area contributed by atoms with Crippen molar-refractivity contribution in [3.05, 3.63) is 90.4 Å². The van der Waals surface area contributed by atoms with E-state index in [1.165, 1.54) is 18.0 Å². The number of nitrogens with one attached hydrogen (secondary N) is 2. The Balaban J connectivity index is 1.15. The van der Waals surface area contributed by atoms with Crippen LogP contribution in [-0.2, 0) is 25.7 Å². The van der Waals surface area contributed by atoms with E-state index in [1.54, 1.807) is 36.7 Å². The quantitative estimate of drug-likeness (QED) is 0.231. The minimum absolute atomic E-state index is 0.139. The first kappa shape index (κ1) is 23.6. The topological polar surface area (TPSA) is 120 Å². The molecule has 0 radical (unpaired) electrons. The zero-order valence-electron chi connectivity index (χ0n) is 18.9. The lowest BCUT2D eigenvalue weighted by Crippen LogP contribution is -2.38. The summed E-state index contributed by atoms with van der Waals surface area (Å²) < 4.78 is 15.7. The van der Waals surface area contributed by atoms with E-state index in [1.807, 2.05) is 36.4 Å². The predicted octanol–water partition coefficient (Wildman–Crippen LogP) is 3.52. The molecule has 0 spiro atoms. The van der Waals surface area contributed by atoms with Crippen LogP contribution in [0, 0.1) is 0 Å². The van der Waals surface area contributed by atoms with Gasteiger partial charge in [-0.25, -0.2) is 14.4 Å². The van der Waals surface area contributed by atoms with Crippen LogP contribution in [0.4, 0.5) is 0 Å². The number of nitrogens with zero attached hydrogens (tertiary/aromatic N) is 1. The molecular weight excluding hydrogens is 482 g/mol. The van der Waals surface area contributed by atoms with Gasteiger partial charge in [0.1, 0.15) is 18.4 Å². The minimum Gasteiger partial charge on any atom is -0.489 e. The number of carbonyl (C=O) groups is 3. The first-order valence-electron chi connectivity index (χ1n) is 11.1. The molecule has 1 aliphatic rings. The molecule has 2 aromatic heterocycles. The van der Waals surface area contributed by atoms with Gasteiger partial charge in [0.05, 0.1) is 10.9 Å². The normalized spacial score (nSPS) is 17.0. The van der Waals surface area contributed by atoms with Gasteiger partial charge in [0, 0.05) is 35.8 Å². The van der Waals surface area contributed by atoms with Crippen molar-refractivity contribution < 1.29 is 28.6 Å². The van der Waals surface area contributed by atoms with E-state index < -0.39 is 23.9 Å². The Hall–Kier alpha value is -4.15. The molecule has 4 aromatic rings. The van der Waals surface area contributed by atoms with Crippen molar-refractivity contribution in [2.75, 3.05) is 5.75 Å². The van der Waals surface area contributed by atoms with Crippen molar-refractivity contribution in [2.45, 2.75) is 18.0 Å². The van der Waals surface area contributed by atoms with Crippen molar-refractivity contribution in [3.63, 3.8) is 0 Å². The van der Waals surface area contributed by atoms with E-state index >= 15 is 0 Å². The van der Waals surface area contributed by atoms with Crippen molar-refractivity contribution in [3.8, 4) is 11.5 Å². The summed E-state index contributed by atoms with van der Waals surface area (Å²) in [5.74, 6) is -2.35. The first-order valence-corrected chi connectivity index (χ1v) is 12.1. The fourth-order valence-corrected chi connectivity index (χ4v) is 4.88. The van der Waals surface area contributed by atoms with Gasteiger partial charge in [0.25, 0.3) is 0 Å². The van der Waals surface area contributed by atoms with Crippen molar-refractivity contribution in [2.24, 2.45) is 0 Å². The lowest BCUT2D eigenvalue weighted by Gasteiger charge is -2.12. The third kappa shape index (κ3) is 5.40. The molecule has 10 heteroatoms. The van der Waals surface area contributed by atoms with Crippen LogP contribution in [-0.4, -0.2) is 39.7 Å². The van der Waals surface area contributed by atoms with Gasteiger partial charge in [0.15, 0.2) is 5.75 Å². The standard InChI is InChI=1S/C26H21N3O6S/c30-24(21-15-36-23(29-21)17-7-4-10-27-12-17)35-26(32)25(31)34-22-13-28-20-11-18(8-9-19(20)22)33-14-16-5-2-1-3-6-16/h1-13,21,23,28-29H,14-15H2. The second-order valence-corrected chi connectivity index (χ2v) is 9.09. The van der Waals surface area contributed by atoms with Crippen molar-refractivity contribution >= 4 is 40.6 Å². The third-order valence-corrected chi connectivity index (χ3v) is 6.75. The fourth-order valence-electron chi connectivity index (χ4n) is 3.67. The fraction of sp³-hybridized carbons (Fsp3) is 0.154. The van der Waals surface area contributed by atoms with Gasteiger partial charge in [-0.3, -0.25) is 10.3 Å². The molecule has 2 aromatic carbocycles. The number of rotatable bonds is 6. The number of hydrogen-bond acceptors (Lipinski definition) is 9. The van der Waals surface area contributed by atoms with Gasteiger partial charge in [0.2, 0.25) is 0 Å². The van der Waals surface area contributed by atoms with E-state index in [2.05, 4.69) is 15.3 Å². The Labute approximate surface area is 210 Å². The summed E-state index contributed by atoms with van der Waals surface area (Å²) in [4.78, 5) is 43.9. The predicted molar refractivity (Wildman–Crippen MR) is 132 cm³/mol. The summed E-state index contributed by atoms with van der Waals surface area (Å²) in [7, 11) is 0. The summed E-state index contributed by atoms with van der Waals surface area (Å²) >= 11 is 1.48. The number of fused-ring (bicyclic) bond motifs is 1. The van der Waals surface area contributed by atoms with Crippen LogP contribution in [0.5, 0.6) is 11.5 Å². The molecule has 0 aliphatic carbocycles. The zero-order chi connectivity index (χ0) is 24.9. The summed E-state index contributed by atoms with van der Waals surface area (Å²) in [6.45, 7) is 0.409. The Morgan fingerprint density at radius 1 is 1.03 bits per heavy atom. The molecular formula is C26H21N3O6S. The van der Waals surface area contributed by atoms with Crippen molar-refractivity contribution in [1.29, 1.82) is 0 Å². The molecule has 0 bridgehead atoms. The van der Waals surface area contributed by atoms with Crippen LogP contribution in [0.2, 0.25) is 0 Å². The molecule has 1 fully saturated rings. The van der Waals surface area contributed by atoms with Crippen LogP contribution in [0.1, 0.15) is 16.5 Å². The average Bonchev–Trinajstić information content (AvgIpc) is 3.56. The van der Waals surface area contributed by atoms with Crippen LogP contribution in [0.3, 0.4) is 0 Å². The van der Waals surface area contributed by atoms with E-state index in [9.17, 15) is 14.4 Å². The molecule has 9 nitrogen and oxygen atoms in total. The number of esters is 3. The molecule has 1 saturated heterocycles. The van der Waals surface area contributed by atoms with E-state index in [0.717, 1.165) is 11.1 Å². The van der Waals surface area contributed by atoms with E-state index in [-0.39, 0.29) is 11.1 Å². The smallest absolute Gasteiger partial charge is 0.425 e. The molecule has 2 atom stereocenters. The number of benzene rings is 2. The number of carbonyl (C=O) groups excluding carboxylic acids is 3. The maximum atomic E-state index is 12.4. The minimum atomic E-state index is -1.38. The van der Waals surface area contributed by atoms with E-state index in [0.29, 0.717) is 29.0 Å². The molecule has 2 N–H and O–H groups in total. The Morgan fingerprint density at radius 2 is 1.89 bits per heavy atom. The molecule has 1 aliphatic heterocycles. The molecule has 3 heterocycles. The largest absolute Gasteiger partial charge is 0.489 e. The Kier molecular flexibility index (Phi) is 6.96. The molecule has 36 heavy (non-hydrogen) atoms. The molecule has 0 saturated carbocycles. The molecule has 5 rings (SSSR count). The number of pyridine rings is 1. The molecule has 182 valence electrons. The number of hydrogen-bond donors (Lipinski definition) is 2. The highest BCUT2D eigenvalue weighted by Crippen LogP contribution is 2.33. The van der Waals surface area contributed by atoms with Gasteiger partial charge in [-0.05, 0) is 29.3 Å². The summed E-state index contributed by atoms with van der Waals surface area (Å²) in [5, 5.41) is 3.49. The van der Waals surface area contributed by atoms with Gasteiger partial charge < -0.3 is 19.2 Å². The molecule has 2 unspecified atom stereocenters. The summed E-state index contributed by atoms with van der Waals surface area (Å²) in [6.07, 6.45) is 4.80. The SMILES string of the molecule is O=C(OC(=O)C1CSC(c2cccnc2)N1)C(=O)Oc1c[nH]c2cc(OCc3ccccc3)ccc12. The number of H-pyrrole nitrogens is 1. The Bertz CT molecular complexity index is 1390. The van der Waals surface area contributed by atoms with Crippen LogP contribution in [0.25, 0.3) is 10.9 Å². The first-order chi connectivity index (χ1) is 17.6. The van der Waals surface area contributed by atoms with E-state index in [4.69, 9.17) is 14.2 Å². The highest BCUT2D eigenvalue weighted by atomic mass is 32.2. The maximum Gasteiger partial charge on any atom is 0.425 e. The lowest BCUT2D eigenvalue weighted by atomic mass is 10.2. The maximum absolute atomic E-state index is 12.4. The molecule has 0 amide bonds. The second kappa shape index (κ2) is 10.6.